The van der Waals surface area contributed by atoms with Crippen molar-refractivity contribution in [1.29, 1.82) is 0 Å². The van der Waals surface area contributed by atoms with E-state index in [4.69, 9.17) is 10.5 Å². The molecule has 1 aliphatic rings. The van der Waals surface area contributed by atoms with Gasteiger partial charge < -0.3 is 10.5 Å². The molecule has 0 heterocycles. The Morgan fingerprint density at radius 3 is 1.83 bits per heavy atom. The van der Waals surface area contributed by atoms with E-state index in [0.717, 1.165) is 31.6 Å². The van der Waals surface area contributed by atoms with Crippen LogP contribution in [0, 0.1) is 11.3 Å². The van der Waals surface area contributed by atoms with E-state index in [1.807, 2.05) is 0 Å². The largest absolute Gasteiger partial charge is 0.461 e. The van der Waals surface area contributed by atoms with Crippen LogP contribution in [0.3, 0.4) is 0 Å². The number of halogens is 1. The predicted molar refractivity (Wildman–Crippen MR) is 76.8 cm³/mol. The minimum atomic E-state index is -0.874. The van der Waals surface area contributed by atoms with E-state index in [9.17, 15) is 4.79 Å². The maximum Gasteiger partial charge on any atom is 0.325 e. The van der Waals surface area contributed by atoms with Crippen LogP contribution in [0.25, 0.3) is 0 Å². The lowest BCUT2D eigenvalue weighted by Gasteiger charge is -2.37. The van der Waals surface area contributed by atoms with Gasteiger partial charge in [0.25, 0.3) is 0 Å². The number of ether oxygens (including phenoxy) is 1. The number of hydrogen-bond donors (Lipinski definition) is 1. The van der Waals surface area contributed by atoms with Gasteiger partial charge in [-0.2, -0.15) is 0 Å². The summed E-state index contributed by atoms with van der Waals surface area (Å²) in [6.45, 7) is 10.2. The third-order valence-electron chi connectivity index (χ3n) is 3.70. The van der Waals surface area contributed by atoms with Gasteiger partial charge in [0.2, 0.25) is 0 Å². The summed E-state index contributed by atoms with van der Waals surface area (Å²) >= 11 is 0. The Hall–Kier alpha value is -0.280. The lowest BCUT2D eigenvalue weighted by molar-refractivity contribution is -0.156. The monoisotopic (exact) mass is 277 g/mol. The summed E-state index contributed by atoms with van der Waals surface area (Å²) in [5.74, 6) is 0.458. The van der Waals surface area contributed by atoms with Gasteiger partial charge in [-0.1, -0.05) is 20.8 Å². The highest BCUT2D eigenvalue weighted by atomic mass is 35.5. The Kier molecular flexibility index (Phi) is 6.15. The first-order valence-electron chi connectivity index (χ1n) is 6.60. The van der Waals surface area contributed by atoms with E-state index >= 15 is 0 Å². The minimum Gasteiger partial charge on any atom is -0.461 e. The van der Waals surface area contributed by atoms with Crippen LogP contribution in [0.15, 0.2) is 0 Å². The van der Waals surface area contributed by atoms with Crippen LogP contribution in [-0.2, 0) is 9.53 Å². The molecule has 1 rings (SSSR count). The highest BCUT2D eigenvalue weighted by Gasteiger charge is 2.33. The average Bonchev–Trinajstić information content (AvgIpc) is 2.15. The van der Waals surface area contributed by atoms with Crippen molar-refractivity contribution >= 4 is 18.4 Å². The summed E-state index contributed by atoms with van der Waals surface area (Å²) in [5, 5.41) is 0. The van der Waals surface area contributed by atoms with Crippen LogP contribution in [-0.4, -0.2) is 17.6 Å². The first kappa shape index (κ1) is 17.7. The Morgan fingerprint density at radius 2 is 1.50 bits per heavy atom. The SMILES string of the molecule is CC(C)(N)C(=O)OC1CCC(C(C)(C)C)CC1.Cl. The third kappa shape index (κ3) is 5.15. The molecule has 0 amide bonds. The van der Waals surface area contributed by atoms with Crippen molar-refractivity contribution in [1.82, 2.24) is 0 Å². The maximum absolute atomic E-state index is 11.7. The summed E-state index contributed by atoms with van der Waals surface area (Å²) in [5.41, 5.74) is 5.21. The first-order chi connectivity index (χ1) is 7.60. The van der Waals surface area contributed by atoms with Gasteiger partial charge in [-0.05, 0) is 50.9 Å². The van der Waals surface area contributed by atoms with Gasteiger partial charge in [-0.3, -0.25) is 4.79 Å². The van der Waals surface area contributed by atoms with Crippen LogP contribution in [0.1, 0.15) is 60.3 Å². The summed E-state index contributed by atoms with van der Waals surface area (Å²) in [6.07, 6.45) is 4.32. The minimum absolute atomic E-state index is 0. The maximum atomic E-state index is 11.7. The van der Waals surface area contributed by atoms with Crippen molar-refractivity contribution in [2.75, 3.05) is 0 Å². The fourth-order valence-electron chi connectivity index (χ4n) is 2.35. The normalized spacial score (nSPS) is 25.2. The fraction of sp³-hybridized carbons (Fsp3) is 0.929. The van der Waals surface area contributed by atoms with Crippen LogP contribution in [0.4, 0.5) is 0 Å². The number of carbonyl (C=O) groups excluding carboxylic acids is 1. The van der Waals surface area contributed by atoms with Gasteiger partial charge in [0, 0.05) is 0 Å². The predicted octanol–water partition coefficient (Wildman–Crippen LogP) is 3.29. The molecule has 0 aliphatic heterocycles. The van der Waals surface area contributed by atoms with Crippen LogP contribution < -0.4 is 5.73 Å². The molecular formula is C14H28ClNO2. The first-order valence-corrected chi connectivity index (χ1v) is 6.60. The van der Waals surface area contributed by atoms with Gasteiger partial charge >= 0.3 is 5.97 Å². The van der Waals surface area contributed by atoms with E-state index in [1.54, 1.807) is 13.8 Å². The zero-order valence-corrected chi connectivity index (χ0v) is 13.1. The molecule has 0 radical (unpaired) electrons. The molecule has 1 saturated carbocycles. The van der Waals surface area contributed by atoms with Crippen molar-refractivity contribution in [2.24, 2.45) is 17.1 Å². The number of nitrogens with two attached hydrogens (primary N) is 1. The molecule has 0 aromatic heterocycles. The topological polar surface area (TPSA) is 52.3 Å². The van der Waals surface area contributed by atoms with Gasteiger partial charge in [0.05, 0.1) is 0 Å². The molecule has 0 aromatic carbocycles. The van der Waals surface area contributed by atoms with E-state index in [2.05, 4.69) is 20.8 Å². The standard InChI is InChI=1S/C14H27NO2.ClH/c1-13(2,3)10-6-8-11(9-7-10)17-12(16)14(4,5)15;/h10-11H,6-9,15H2,1-5H3;1H. The second kappa shape index (κ2) is 6.25. The number of esters is 1. The summed E-state index contributed by atoms with van der Waals surface area (Å²) in [4.78, 5) is 11.7. The van der Waals surface area contributed by atoms with Crippen LogP contribution >= 0.6 is 12.4 Å². The number of carbonyl (C=O) groups is 1. The van der Waals surface area contributed by atoms with E-state index in [0.29, 0.717) is 5.41 Å². The Bertz CT molecular complexity index is 270. The van der Waals surface area contributed by atoms with Crippen LogP contribution in [0.5, 0.6) is 0 Å². The average molecular weight is 278 g/mol. The molecule has 108 valence electrons. The highest BCUT2D eigenvalue weighted by Crippen LogP contribution is 2.38. The van der Waals surface area contributed by atoms with E-state index in [-0.39, 0.29) is 24.5 Å². The lowest BCUT2D eigenvalue weighted by Crippen LogP contribution is -2.45. The fourth-order valence-corrected chi connectivity index (χ4v) is 2.35. The molecule has 4 heteroatoms. The Balaban J connectivity index is 0.00000289. The zero-order chi connectivity index (χ0) is 13.3. The molecule has 0 atom stereocenters. The third-order valence-corrected chi connectivity index (χ3v) is 3.70. The number of rotatable bonds is 2. The Morgan fingerprint density at radius 1 is 1.06 bits per heavy atom. The molecular weight excluding hydrogens is 250 g/mol. The lowest BCUT2D eigenvalue weighted by atomic mass is 9.72. The Labute approximate surface area is 117 Å². The van der Waals surface area contributed by atoms with Crippen molar-refractivity contribution in [3.63, 3.8) is 0 Å². The van der Waals surface area contributed by atoms with Gasteiger partial charge in [-0.25, -0.2) is 0 Å². The van der Waals surface area contributed by atoms with Crippen molar-refractivity contribution in [3.05, 3.63) is 0 Å². The second-order valence-electron chi connectivity index (χ2n) is 6.97. The zero-order valence-electron chi connectivity index (χ0n) is 12.3. The molecule has 1 aliphatic carbocycles. The second-order valence-corrected chi connectivity index (χ2v) is 6.97. The van der Waals surface area contributed by atoms with E-state index in [1.165, 1.54) is 0 Å². The molecule has 3 nitrogen and oxygen atoms in total. The molecule has 18 heavy (non-hydrogen) atoms. The summed E-state index contributed by atoms with van der Waals surface area (Å²) < 4.78 is 5.45. The molecule has 1 fully saturated rings. The smallest absolute Gasteiger partial charge is 0.325 e. The van der Waals surface area contributed by atoms with Gasteiger partial charge in [0.15, 0.2) is 0 Å². The summed E-state index contributed by atoms with van der Waals surface area (Å²) in [7, 11) is 0. The molecule has 0 unspecified atom stereocenters. The van der Waals surface area contributed by atoms with E-state index < -0.39 is 5.54 Å². The van der Waals surface area contributed by atoms with Gasteiger partial charge in [-0.15, -0.1) is 12.4 Å². The highest BCUT2D eigenvalue weighted by molar-refractivity contribution is 5.85. The van der Waals surface area contributed by atoms with Crippen molar-refractivity contribution in [2.45, 2.75) is 71.9 Å². The van der Waals surface area contributed by atoms with Crippen molar-refractivity contribution in [3.8, 4) is 0 Å². The quantitative estimate of drug-likeness (QED) is 0.788. The van der Waals surface area contributed by atoms with Gasteiger partial charge in [0.1, 0.15) is 11.6 Å². The van der Waals surface area contributed by atoms with Crippen LogP contribution in [0.2, 0.25) is 0 Å². The molecule has 2 N–H and O–H groups in total. The molecule has 0 spiro atoms. The summed E-state index contributed by atoms with van der Waals surface area (Å²) in [6, 6.07) is 0. The molecule has 0 bridgehead atoms. The molecule has 0 saturated heterocycles. The molecule has 0 aromatic rings. The number of hydrogen-bond acceptors (Lipinski definition) is 3. The van der Waals surface area contributed by atoms with Crippen molar-refractivity contribution < 1.29 is 9.53 Å².